The van der Waals surface area contributed by atoms with E-state index < -0.39 is 11.2 Å². The first-order chi connectivity index (χ1) is 9.40. The minimum atomic E-state index is -0.416. The topological polar surface area (TPSA) is 97.1 Å². The summed E-state index contributed by atoms with van der Waals surface area (Å²) in [7, 11) is 4.63. The van der Waals surface area contributed by atoms with Crippen LogP contribution >= 0.6 is 0 Å². The van der Waals surface area contributed by atoms with Crippen molar-refractivity contribution in [2.45, 2.75) is 19.5 Å². The maximum atomic E-state index is 12.2. The molecule has 8 heteroatoms. The fraction of sp³-hybridized carbons (Fsp3) is 0.583. The van der Waals surface area contributed by atoms with Crippen LogP contribution < -0.4 is 17.0 Å². The molecule has 0 radical (unpaired) electrons. The van der Waals surface area contributed by atoms with Crippen LogP contribution in [0.4, 0.5) is 0 Å². The quantitative estimate of drug-likeness (QED) is 0.783. The van der Waals surface area contributed by atoms with Crippen LogP contribution in [-0.4, -0.2) is 32.4 Å². The van der Waals surface area contributed by atoms with Crippen LogP contribution in [0.3, 0.4) is 0 Å². The zero-order chi connectivity index (χ0) is 15.0. The van der Waals surface area contributed by atoms with Crippen LogP contribution in [0.15, 0.2) is 9.59 Å². The lowest BCUT2D eigenvalue weighted by Crippen LogP contribution is -2.37. The third-order valence-electron chi connectivity index (χ3n) is 3.30. The Bertz CT molecular complexity index is 753. The molecule has 1 unspecified atom stereocenters. The van der Waals surface area contributed by atoms with Gasteiger partial charge in [0.05, 0.1) is 12.6 Å². The molecule has 0 aliphatic rings. The minimum Gasteiger partial charge on any atom is -0.383 e. The first-order valence-electron chi connectivity index (χ1n) is 6.30. The zero-order valence-corrected chi connectivity index (χ0v) is 12.1. The first-order valence-corrected chi connectivity index (χ1v) is 6.30. The molecule has 8 nitrogen and oxygen atoms in total. The van der Waals surface area contributed by atoms with E-state index in [1.54, 1.807) is 25.6 Å². The van der Waals surface area contributed by atoms with E-state index in [-0.39, 0.29) is 11.6 Å². The Morgan fingerprint density at radius 3 is 2.50 bits per heavy atom. The maximum absolute atomic E-state index is 12.2. The Kier molecular flexibility index (Phi) is 3.78. The van der Waals surface area contributed by atoms with Crippen molar-refractivity contribution in [3.8, 4) is 0 Å². The monoisotopic (exact) mass is 281 g/mol. The van der Waals surface area contributed by atoms with Crippen molar-refractivity contribution in [2.24, 2.45) is 19.8 Å². The Balaban J connectivity index is 2.89. The molecule has 2 heterocycles. The van der Waals surface area contributed by atoms with Gasteiger partial charge in [-0.2, -0.15) is 0 Å². The van der Waals surface area contributed by atoms with Crippen molar-refractivity contribution in [3.05, 3.63) is 26.7 Å². The smallest absolute Gasteiger partial charge is 0.332 e. The molecule has 2 rings (SSSR count). The van der Waals surface area contributed by atoms with Gasteiger partial charge < -0.3 is 15.0 Å². The summed E-state index contributed by atoms with van der Waals surface area (Å²) in [5.41, 5.74) is 5.82. The van der Waals surface area contributed by atoms with Gasteiger partial charge in [0.1, 0.15) is 11.5 Å². The lowest BCUT2D eigenvalue weighted by atomic mass is 10.3. The second-order valence-corrected chi connectivity index (χ2v) is 4.78. The van der Waals surface area contributed by atoms with Gasteiger partial charge in [-0.1, -0.05) is 0 Å². The van der Waals surface area contributed by atoms with Gasteiger partial charge in [0.15, 0.2) is 5.52 Å². The average molecular weight is 281 g/mol. The van der Waals surface area contributed by atoms with Crippen LogP contribution in [0.25, 0.3) is 11.2 Å². The summed E-state index contributed by atoms with van der Waals surface area (Å²) >= 11 is 0. The molecule has 20 heavy (non-hydrogen) atoms. The number of hydrogen-bond donors (Lipinski definition) is 1. The van der Waals surface area contributed by atoms with Gasteiger partial charge in [-0.3, -0.25) is 13.9 Å². The number of aromatic nitrogens is 4. The summed E-state index contributed by atoms with van der Waals surface area (Å²) in [6.07, 6.45) is 0. The molecule has 2 aromatic heterocycles. The Morgan fingerprint density at radius 2 is 1.95 bits per heavy atom. The molecule has 0 fully saturated rings. The maximum Gasteiger partial charge on any atom is 0.332 e. The third kappa shape index (κ3) is 2.06. The summed E-state index contributed by atoms with van der Waals surface area (Å²) in [4.78, 5) is 28.5. The fourth-order valence-electron chi connectivity index (χ4n) is 2.26. The van der Waals surface area contributed by atoms with Crippen LogP contribution in [0.1, 0.15) is 18.8 Å². The van der Waals surface area contributed by atoms with Gasteiger partial charge in [-0.25, -0.2) is 9.78 Å². The molecule has 2 aromatic rings. The molecule has 0 aliphatic carbocycles. The molecule has 0 aromatic carbocycles. The Morgan fingerprint density at radius 1 is 1.30 bits per heavy atom. The normalized spacial score (nSPS) is 13.1. The second-order valence-electron chi connectivity index (χ2n) is 4.78. The molecule has 0 aliphatic heterocycles. The van der Waals surface area contributed by atoms with E-state index in [0.29, 0.717) is 24.6 Å². The number of rotatable bonds is 4. The van der Waals surface area contributed by atoms with Crippen molar-refractivity contribution in [1.29, 1.82) is 0 Å². The number of nitrogens with two attached hydrogens (primary N) is 1. The van der Waals surface area contributed by atoms with Crippen LogP contribution in [-0.2, 0) is 25.4 Å². The van der Waals surface area contributed by atoms with E-state index in [9.17, 15) is 9.59 Å². The number of fused-ring (bicyclic) bond motifs is 1. The number of hydrogen-bond acceptors (Lipinski definition) is 5. The Hall–Kier alpha value is -1.93. The zero-order valence-electron chi connectivity index (χ0n) is 12.1. The largest absolute Gasteiger partial charge is 0.383 e. The van der Waals surface area contributed by atoms with Crippen molar-refractivity contribution < 1.29 is 4.74 Å². The van der Waals surface area contributed by atoms with E-state index in [4.69, 9.17) is 10.5 Å². The summed E-state index contributed by atoms with van der Waals surface area (Å²) in [6.45, 7) is 2.70. The van der Waals surface area contributed by atoms with E-state index in [0.717, 1.165) is 4.57 Å². The fourth-order valence-corrected chi connectivity index (χ4v) is 2.26. The van der Waals surface area contributed by atoms with Crippen molar-refractivity contribution in [2.75, 3.05) is 13.7 Å². The number of ether oxygens (including phenoxy) is 1. The highest BCUT2D eigenvalue weighted by atomic mass is 16.5. The van der Waals surface area contributed by atoms with Crippen molar-refractivity contribution in [1.82, 2.24) is 18.7 Å². The SMILES string of the molecule is COCCn1c(C(C)N)nc2c(=O)n(C)c(=O)n(C)c21. The number of aryl methyl sites for hydroxylation is 1. The number of methoxy groups -OCH3 is 1. The molecule has 2 N–H and O–H groups in total. The first kappa shape index (κ1) is 14.5. The number of nitrogens with zero attached hydrogens (tertiary/aromatic N) is 4. The third-order valence-corrected chi connectivity index (χ3v) is 3.30. The van der Waals surface area contributed by atoms with Gasteiger partial charge in [0.25, 0.3) is 5.56 Å². The molecule has 0 spiro atoms. The molecule has 0 saturated carbocycles. The van der Waals surface area contributed by atoms with Gasteiger partial charge >= 0.3 is 5.69 Å². The molecule has 1 atom stereocenters. The minimum absolute atomic E-state index is 0.248. The van der Waals surface area contributed by atoms with E-state index in [1.807, 2.05) is 0 Å². The predicted octanol–water partition coefficient (Wildman–Crippen LogP) is -0.900. The molecule has 0 saturated heterocycles. The van der Waals surface area contributed by atoms with Gasteiger partial charge in [-0.05, 0) is 6.92 Å². The summed E-state index contributed by atoms with van der Waals surface area (Å²) in [6, 6.07) is -0.348. The second kappa shape index (κ2) is 5.22. The van der Waals surface area contributed by atoms with Crippen molar-refractivity contribution >= 4 is 11.2 Å². The molecule has 0 bridgehead atoms. The highest BCUT2D eigenvalue weighted by Gasteiger charge is 2.20. The lowest BCUT2D eigenvalue weighted by molar-refractivity contribution is 0.186. The lowest BCUT2D eigenvalue weighted by Gasteiger charge is -2.12. The van der Waals surface area contributed by atoms with Gasteiger partial charge in [-0.15, -0.1) is 0 Å². The van der Waals surface area contributed by atoms with Crippen LogP contribution in [0.2, 0.25) is 0 Å². The molecular formula is C12H19N5O3. The van der Waals surface area contributed by atoms with Gasteiger partial charge in [0, 0.05) is 27.7 Å². The summed E-state index contributed by atoms with van der Waals surface area (Å²) < 4.78 is 9.28. The van der Waals surface area contributed by atoms with E-state index >= 15 is 0 Å². The average Bonchev–Trinajstić information content (AvgIpc) is 2.80. The molecule has 0 amide bonds. The van der Waals surface area contributed by atoms with Crippen molar-refractivity contribution in [3.63, 3.8) is 0 Å². The van der Waals surface area contributed by atoms with Gasteiger partial charge in [0.2, 0.25) is 0 Å². The van der Waals surface area contributed by atoms with E-state index in [2.05, 4.69) is 4.98 Å². The highest BCUT2D eigenvalue weighted by Crippen LogP contribution is 2.15. The molecular weight excluding hydrogens is 262 g/mol. The van der Waals surface area contributed by atoms with Crippen LogP contribution in [0.5, 0.6) is 0 Å². The summed E-state index contributed by atoms with van der Waals surface area (Å²) in [5.74, 6) is 0.565. The van der Waals surface area contributed by atoms with Crippen LogP contribution in [0, 0.1) is 0 Å². The predicted molar refractivity (Wildman–Crippen MR) is 74.7 cm³/mol. The molecule has 110 valence electrons. The van der Waals surface area contributed by atoms with E-state index in [1.165, 1.54) is 11.6 Å². The Labute approximate surface area is 115 Å². The standard InChI is InChI=1S/C12H19N5O3/c1-7(13)9-14-8-10(17(9)5-6-20-4)15(2)12(19)16(3)11(8)18/h7H,5-6,13H2,1-4H3. The highest BCUT2D eigenvalue weighted by molar-refractivity contribution is 5.71. The summed E-state index contributed by atoms with van der Waals surface area (Å²) in [5, 5.41) is 0. The number of imidazole rings is 1.